The summed E-state index contributed by atoms with van der Waals surface area (Å²) < 4.78 is 30.0. The molecule has 1 aliphatic carbocycles. The SMILES string of the molecule is COC(=O)N1CC2(CCN(C3CCCCC(NC(=O)O[C@@H]4CCOC4)C3)CC2)c2cc(F)ccc21.[HH]. The largest absolute Gasteiger partial charge is 0.452 e. The summed E-state index contributed by atoms with van der Waals surface area (Å²) in [5, 5.41) is 3.10. The zero-order chi connectivity index (χ0) is 24.4. The molecule has 0 radical (unpaired) electrons. The maximum Gasteiger partial charge on any atom is 0.414 e. The molecule has 3 atom stereocenters. The molecule has 194 valence electrons. The molecule has 0 bridgehead atoms. The molecule has 0 aromatic heterocycles. The van der Waals surface area contributed by atoms with Crippen molar-refractivity contribution in [1.82, 2.24) is 10.2 Å². The van der Waals surface area contributed by atoms with Crippen LogP contribution >= 0.6 is 0 Å². The number of piperidine rings is 1. The van der Waals surface area contributed by atoms with Crippen LogP contribution in [0.3, 0.4) is 0 Å². The molecule has 35 heavy (non-hydrogen) atoms. The number of alkyl carbamates (subject to hydrolysis) is 1. The van der Waals surface area contributed by atoms with Crippen LogP contribution in [0.25, 0.3) is 0 Å². The fourth-order valence-electron chi connectivity index (χ4n) is 6.41. The van der Waals surface area contributed by atoms with Gasteiger partial charge in [0.25, 0.3) is 0 Å². The van der Waals surface area contributed by atoms with Crippen molar-refractivity contribution in [3.05, 3.63) is 29.6 Å². The Hall–Kier alpha value is -2.39. The van der Waals surface area contributed by atoms with Crippen LogP contribution in [0, 0.1) is 5.82 Å². The van der Waals surface area contributed by atoms with Gasteiger partial charge in [0.05, 0.1) is 26.0 Å². The second kappa shape index (κ2) is 10.3. The van der Waals surface area contributed by atoms with Crippen LogP contribution in [0.4, 0.5) is 19.7 Å². The topological polar surface area (TPSA) is 80.3 Å². The average molecular weight is 492 g/mol. The van der Waals surface area contributed by atoms with E-state index in [-0.39, 0.29) is 30.9 Å². The maximum absolute atomic E-state index is 14.2. The van der Waals surface area contributed by atoms with Crippen molar-refractivity contribution in [2.75, 3.05) is 44.9 Å². The van der Waals surface area contributed by atoms with Gasteiger partial charge in [-0.15, -0.1) is 0 Å². The maximum atomic E-state index is 14.2. The van der Waals surface area contributed by atoms with Gasteiger partial charge in [0.15, 0.2) is 0 Å². The predicted octanol–water partition coefficient (Wildman–Crippen LogP) is 4.21. The van der Waals surface area contributed by atoms with E-state index in [4.69, 9.17) is 14.2 Å². The summed E-state index contributed by atoms with van der Waals surface area (Å²) in [4.78, 5) is 29.0. The fourth-order valence-corrected chi connectivity index (χ4v) is 6.41. The monoisotopic (exact) mass is 491 g/mol. The van der Waals surface area contributed by atoms with Crippen molar-refractivity contribution in [2.24, 2.45) is 0 Å². The smallest absolute Gasteiger partial charge is 0.414 e. The van der Waals surface area contributed by atoms with Crippen molar-refractivity contribution >= 4 is 17.9 Å². The van der Waals surface area contributed by atoms with Crippen LogP contribution < -0.4 is 10.2 Å². The number of rotatable bonds is 3. The molecule has 1 N–H and O–H groups in total. The number of methoxy groups -OCH3 is 1. The van der Waals surface area contributed by atoms with Crippen molar-refractivity contribution in [2.45, 2.75) is 75.0 Å². The van der Waals surface area contributed by atoms with Crippen LogP contribution in [-0.2, 0) is 19.6 Å². The minimum atomic E-state index is -0.397. The lowest BCUT2D eigenvalue weighted by Crippen LogP contribution is -2.50. The number of anilines is 1. The van der Waals surface area contributed by atoms with E-state index >= 15 is 0 Å². The molecule has 8 nitrogen and oxygen atoms in total. The third-order valence-corrected chi connectivity index (χ3v) is 8.33. The van der Waals surface area contributed by atoms with Crippen LogP contribution in [-0.4, -0.2) is 75.2 Å². The number of nitrogens with zero attached hydrogens (tertiary/aromatic N) is 2. The van der Waals surface area contributed by atoms with Gasteiger partial charge < -0.3 is 24.4 Å². The standard InChI is InChI=1S/C26H36FN3O5.H2/c1-33-25(32)30-17-26(22-14-18(27)6-7-23(22)30)9-11-29(12-10-26)20-5-3-2-4-19(15-20)28-24(31)35-21-8-13-34-16-21;/h6-7,14,19-21H,2-5,8-13,15-17H2,1H3,(H,28,31);1H/t19?,20?,21-;/m1./s1. The van der Waals surface area contributed by atoms with Gasteiger partial charge in [0.2, 0.25) is 0 Å². The zero-order valence-corrected chi connectivity index (χ0v) is 20.5. The number of hydrogen-bond acceptors (Lipinski definition) is 6. The summed E-state index contributed by atoms with van der Waals surface area (Å²) in [5.74, 6) is -0.272. The second-order valence-corrected chi connectivity index (χ2v) is 10.4. The molecular weight excluding hydrogens is 453 g/mol. The highest BCUT2D eigenvalue weighted by Gasteiger charge is 2.47. The van der Waals surface area contributed by atoms with Crippen molar-refractivity contribution in [3.63, 3.8) is 0 Å². The highest BCUT2D eigenvalue weighted by Crippen LogP contribution is 2.48. The van der Waals surface area contributed by atoms with Gasteiger partial charge in [-0.05, 0) is 69.0 Å². The lowest BCUT2D eigenvalue weighted by Gasteiger charge is -2.43. The summed E-state index contributed by atoms with van der Waals surface area (Å²) in [6, 6.07) is 5.19. The summed E-state index contributed by atoms with van der Waals surface area (Å²) in [5.41, 5.74) is 1.43. The van der Waals surface area contributed by atoms with E-state index < -0.39 is 6.09 Å². The lowest BCUT2D eigenvalue weighted by atomic mass is 9.74. The van der Waals surface area contributed by atoms with Gasteiger partial charge in [-0.2, -0.15) is 0 Å². The first-order valence-electron chi connectivity index (χ1n) is 12.9. The lowest BCUT2D eigenvalue weighted by molar-refractivity contribution is 0.0767. The first kappa shape index (κ1) is 24.3. The first-order chi connectivity index (χ1) is 17.0. The van der Waals surface area contributed by atoms with Crippen LogP contribution in [0.5, 0.6) is 0 Å². The molecule has 2 amide bonds. The first-order valence-corrected chi connectivity index (χ1v) is 12.9. The quantitative estimate of drug-likeness (QED) is 0.638. The third-order valence-electron chi connectivity index (χ3n) is 8.33. The Kier molecular flexibility index (Phi) is 7.16. The Morgan fingerprint density at radius 3 is 2.74 bits per heavy atom. The summed E-state index contributed by atoms with van der Waals surface area (Å²) >= 11 is 0. The van der Waals surface area contributed by atoms with E-state index in [1.54, 1.807) is 17.0 Å². The number of hydrogen-bond donors (Lipinski definition) is 1. The fraction of sp³-hybridized carbons (Fsp3) is 0.692. The third kappa shape index (κ3) is 5.11. The number of benzene rings is 1. The Morgan fingerprint density at radius 2 is 2.00 bits per heavy atom. The molecule has 2 unspecified atom stereocenters. The van der Waals surface area contributed by atoms with Crippen LogP contribution in [0.1, 0.15) is 58.4 Å². The minimum Gasteiger partial charge on any atom is -0.452 e. The molecular formula is C26H38FN3O5. The average Bonchev–Trinajstić information content (AvgIpc) is 3.39. The van der Waals surface area contributed by atoms with Crippen molar-refractivity contribution in [1.29, 1.82) is 0 Å². The van der Waals surface area contributed by atoms with E-state index in [9.17, 15) is 14.0 Å². The van der Waals surface area contributed by atoms with Gasteiger partial charge in [0, 0.05) is 31.9 Å². The van der Waals surface area contributed by atoms with Crippen molar-refractivity contribution < 1.29 is 29.6 Å². The molecule has 1 aromatic rings. The van der Waals surface area contributed by atoms with Gasteiger partial charge in [-0.3, -0.25) is 4.90 Å². The molecule has 3 aliphatic heterocycles. The number of ether oxygens (including phenoxy) is 3. The molecule has 3 fully saturated rings. The number of nitrogens with one attached hydrogen (secondary N) is 1. The number of carbonyl (C=O) groups excluding carboxylic acids is 2. The van der Waals surface area contributed by atoms with E-state index in [0.29, 0.717) is 25.8 Å². The van der Waals surface area contributed by atoms with E-state index in [1.165, 1.54) is 13.2 Å². The molecule has 2 saturated heterocycles. The van der Waals surface area contributed by atoms with Gasteiger partial charge in [-0.25, -0.2) is 14.0 Å². The molecule has 4 aliphatic rings. The summed E-state index contributed by atoms with van der Waals surface area (Å²) in [6.07, 6.45) is 6.80. The van der Waals surface area contributed by atoms with Gasteiger partial charge >= 0.3 is 12.2 Å². The number of amides is 2. The van der Waals surface area contributed by atoms with E-state index in [0.717, 1.165) is 75.7 Å². The van der Waals surface area contributed by atoms with Gasteiger partial charge in [0.1, 0.15) is 11.9 Å². The number of fused-ring (bicyclic) bond motifs is 2. The molecule has 3 heterocycles. The highest BCUT2D eigenvalue weighted by molar-refractivity contribution is 5.91. The van der Waals surface area contributed by atoms with Crippen LogP contribution in [0.15, 0.2) is 18.2 Å². The van der Waals surface area contributed by atoms with Gasteiger partial charge in [-0.1, -0.05) is 12.8 Å². The Bertz CT molecular complexity index is 936. The highest BCUT2D eigenvalue weighted by atomic mass is 19.1. The molecule has 1 saturated carbocycles. The Labute approximate surface area is 207 Å². The van der Waals surface area contributed by atoms with Crippen molar-refractivity contribution in [3.8, 4) is 0 Å². The number of carbonyl (C=O) groups is 2. The summed E-state index contributed by atoms with van der Waals surface area (Å²) in [7, 11) is 1.38. The van der Waals surface area contributed by atoms with E-state index in [2.05, 4.69) is 10.2 Å². The van der Waals surface area contributed by atoms with E-state index in [1.807, 2.05) is 0 Å². The second-order valence-electron chi connectivity index (χ2n) is 10.4. The number of halogens is 1. The Morgan fingerprint density at radius 1 is 1.20 bits per heavy atom. The molecule has 1 spiro atoms. The summed E-state index contributed by atoms with van der Waals surface area (Å²) in [6.45, 7) is 3.42. The molecule has 5 rings (SSSR count). The number of likely N-dealkylation sites (tertiary alicyclic amines) is 1. The zero-order valence-electron chi connectivity index (χ0n) is 20.5. The Balaban J connectivity index is 0.00000304. The normalized spacial score (nSPS) is 28.4. The van der Waals surface area contributed by atoms with Crippen LogP contribution in [0.2, 0.25) is 0 Å². The molecule has 1 aromatic carbocycles. The minimum absolute atomic E-state index is 0. The predicted molar refractivity (Wildman–Crippen MR) is 130 cm³/mol. The molecule has 9 heteroatoms.